The second-order valence-electron chi connectivity index (χ2n) is 9.52. The molecule has 2 aromatic rings. The number of pyridine rings is 2. The van der Waals surface area contributed by atoms with E-state index in [1.165, 1.54) is 93.3 Å². The van der Waals surface area contributed by atoms with Gasteiger partial charge in [0.15, 0.2) is 0 Å². The van der Waals surface area contributed by atoms with E-state index in [2.05, 4.69) is 23.0 Å². The van der Waals surface area contributed by atoms with Crippen LogP contribution < -0.4 is 5.56 Å². The van der Waals surface area contributed by atoms with Gasteiger partial charge in [-0.05, 0) is 68.7 Å². The van der Waals surface area contributed by atoms with Gasteiger partial charge in [-0.25, -0.2) is 0 Å². The molecule has 0 aliphatic heterocycles. The predicted octanol–water partition coefficient (Wildman–Crippen LogP) is 8.89. The highest BCUT2D eigenvalue weighted by Crippen LogP contribution is 2.23. The quantitative estimate of drug-likeness (QED) is 0.0923. The van der Waals surface area contributed by atoms with E-state index in [4.69, 9.17) is 21.7 Å². The normalized spacial score (nSPS) is 10.8. The van der Waals surface area contributed by atoms with Gasteiger partial charge in [-0.15, -0.1) is 23.5 Å². The van der Waals surface area contributed by atoms with Gasteiger partial charge in [-0.2, -0.15) is 0 Å². The molecule has 0 saturated carbocycles. The molecule has 0 aromatic carbocycles. The molecule has 5 nitrogen and oxygen atoms in total. The number of aromatic amines is 2. The summed E-state index contributed by atoms with van der Waals surface area (Å²) in [6.07, 6.45) is 19.0. The first kappa shape index (κ1) is 35.0. The van der Waals surface area contributed by atoms with Crippen LogP contribution in [0.5, 0.6) is 0 Å². The Morgan fingerprint density at radius 1 is 0.658 bits per heavy atom. The van der Waals surface area contributed by atoms with Gasteiger partial charge < -0.3 is 19.4 Å². The molecule has 0 bridgehead atoms. The number of hydrogen-bond donors (Lipinski definition) is 2. The summed E-state index contributed by atoms with van der Waals surface area (Å²) >= 11 is 8.95. The smallest absolute Gasteiger partial charge is 0.251 e. The number of ether oxygens (including phenoxy) is 2. The summed E-state index contributed by atoms with van der Waals surface area (Å²) in [4.78, 5) is 19.6. The number of H-pyrrole nitrogens is 2. The molecular weight excluding hydrogens is 533 g/mol. The first-order chi connectivity index (χ1) is 18.5. The van der Waals surface area contributed by atoms with Crippen LogP contribution in [0.1, 0.15) is 88.2 Å². The molecule has 216 valence electrons. The lowest BCUT2D eigenvalue weighted by atomic mass is 10.1. The Bertz CT molecular complexity index is 885. The maximum absolute atomic E-state index is 11.4. The van der Waals surface area contributed by atoms with Gasteiger partial charge in [-0.1, -0.05) is 63.6 Å². The molecular formula is C30H50N2O3S3. The van der Waals surface area contributed by atoms with Crippen molar-refractivity contribution < 1.29 is 9.47 Å². The Balaban J connectivity index is 0.000000380. The Hall–Kier alpha value is -1.06. The maximum atomic E-state index is 11.4. The topological polar surface area (TPSA) is 67.1 Å². The van der Waals surface area contributed by atoms with Gasteiger partial charge in [0.2, 0.25) is 0 Å². The van der Waals surface area contributed by atoms with Crippen molar-refractivity contribution in [2.75, 3.05) is 38.9 Å². The van der Waals surface area contributed by atoms with Crippen LogP contribution in [-0.4, -0.2) is 48.9 Å². The third-order valence-corrected chi connectivity index (χ3v) is 9.24. The third-order valence-electron chi connectivity index (χ3n) is 6.32. The van der Waals surface area contributed by atoms with E-state index in [9.17, 15) is 4.79 Å². The van der Waals surface area contributed by atoms with Crippen molar-refractivity contribution in [3.63, 3.8) is 0 Å². The number of rotatable bonds is 20. The molecule has 0 fully saturated rings. The molecule has 0 amide bonds. The van der Waals surface area contributed by atoms with Gasteiger partial charge in [0.1, 0.15) is 4.64 Å². The molecule has 0 aliphatic rings. The van der Waals surface area contributed by atoms with Gasteiger partial charge in [-0.3, -0.25) is 4.79 Å². The first-order valence-corrected chi connectivity index (χ1v) is 16.5. The van der Waals surface area contributed by atoms with Crippen molar-refractivity contribution in [1.29, 1.82) is 0 Å². The van der Waals surface area contributed by atoms with Crippen molar-refractivity contribution in [2.45, 2.75) is 101 Å². The highest BCUT2D eigenvalue weighted by molar-refractivity contribution is 7.99. The summed E-state index contributed by atoms with van der Waals surface area (Å²) in [6.45, 7) is 5.77. The fourth-order valence-corrected chi connectivity index (χ4v) is 6.20. The fraction of sp³-hybridized carbons (Fsp3) is 0.667. The molecule has 0 atom stereocenters. The first-order valence-electron chi connectivity index (χ1n) is 14.1. The second kappa shape index (κ2) is 23.8. The van der Waals surface area contributed by atoms with Crippen LogP contribution in [0.25, 0.3) is 0 Å². The molecule has 0 aliphatic carbocycles. The van der Waals surface area contributed by atoms with E-state index >= 15 is 0 Å². The summed E-state index contributed by atoms with van der Waals surface area (Å²) in [5, 5.41) is 0. The minimum absolute atomic E-state index is 0.0307. The molecule has 38 heavy (non-hydrogen) atoms. The zero-order chi connectivity index (χ0) is 27.8. The molecule has 0 unspecified atom stereocenters. The lowest BCUT2D eigenvalue weighted by Crippen LogP contribution is -2.08. The number of methoxy groups -OCH3 is 2. The van der Waals surface area contributed by atoms with Gasteiger partial charge in [0.25, 0.3) is 5.56 Å². The minimum atomic E-state index is 0.0307. The number of thioether (sulfide) groups is 2. The van der Waals surface area contributed by atoms with Crippen molar-refractivity contribution in [3.05, 3.63) is 50.6 Å². The molecule has 0 spiro atoms. The maximum Gasteiger partial charge on any atom is 0.251 e. The molecule has 2 N–H and O–H groups in total. The highest BCUT2D eigenvalue weighted by Gasteiger charge is 2.02. The zero-order valence-corrected chi connectivity index (χ0v) is 26.5. The minimum Gasteiger partial charge on any atom is -0.385 e. The Kier molecular flexibility index (Phi) is 21.9. The van der Waals surface area contributed by atoms with E-state index in [1.54, 1.807) is 32.2 Å². The van der Waals surface area contributed by atoms with E-state index in [-0.39, 0.29) is 5.56 Å². The predicted molar refractivity (Wildman–Crippen MR) is 169 cm³/mol. The average Bonchev–Trinajstić information content (AvgIpc) is 2.91. The molecule has 0 saturated heterocycles. The van der Waals surface area contributed by atoms with Crippen molar-refractivity contribution >= 4 is 35.7 Å². The highest BCUT2D eigenvalue weighted by atomic mass is 32.2. The van der Waals surface area contributed by atoms with E-state index in [0.29, 0.717) is 0 Å². The fourth-order valence-electron chi connectivity index (χ4n) is 3.86. The van der Waals surface area contributed by atoms with Crippen LogP contribution >= 0.6 is 35.7 Å². The van der Waals surface area contributed by atoms with Gasteiger partial charge in [0.05, 0.1) is 0 Å². The molecule has 2 rings (SSSR count). The Morgan fingerprint density at radius 3 is 1.58 bits per heavy atom. The number of unbranched alkanes of at least 4 members (excludes halogenated alkanes) is 10. The molecule has 2 aromatic heterocycles. The summed E-state index contributed by atoms with van der Waals surface area (Å²) < 4.78 is 10.9. The third kappa shape index (κ3) is 16.8. The SMILES string of the molecule is COCCCCCCCCSc1cc[nH]c(=O)c1C.COCCCCCCCCSc1cc[nH]c(=S)c1C. The molecule has 2 heterocycles. The Morgan fingerprint density at radius 2 is 1.08 bits per heavy atom. The monoisotopic (exact) mass is 582 g/mol. The average molecular weight is 583 g/mol. The van der Waals surface area contributed by atoms with E-state index in [0.717, 1.165) is 34.1 Å². The standard InChI is InChI=1S/C15H25NO2S.C15H25NOS2/c1-13-14(9-10-16-15(13)17)19-12-8-6-4-3-5-7-11-18-2;1-13-14(9-10-16-15(13)18)19-12-8-6-4-3-5-7-11-17-2/h9-10H,3-8,11-12H2,1-2H3,(H,16,17);9-10H,3-8,11-12H2,1-2H3,(H,16,18). The second-order valence-corrected chi connectivity index (χ2v) is 12.2. The summed E-state index contributed by atoms with van der Waals surface area (Å²) in [5.41, 5.74) is 2.08. The Labute approximate surface area is 244 Å². The summed E-state index contributed by atoms with van der Waals surface area (Å²) in [6, 6.07) is 4.12. The van der Waals surface area contributed by atoms with Crippen molar-refractivity contribution in [3.8, 4) is 0 Å². The van der Waals surface area contributed by atoms with Crippen LogP contribution in [0.3, 0.4) is 0 Å². The lowest BCUT2D eigenvalue weighted by Gasteiger charge is -2.05. The number of hydrogen-bond acceptors (Lipinski definition) is 6. The van der Waals surface area contributed by atoms with Crippen LogP contribution in [0.4, 0.5) is 0 Å². The number of aromatic nitrogens is 2. The largest absolute Gasteiger partial charge is 0.385 e. The van der Waals surface area contributed by atoms with Gasteiger partial charge >= 0.3 is 0 Å². The summed E-state index contributed by atoms with van der Waals surface area (Å²) in [5.74, 6) is 2.29. The number of nitrogens with one attached hydrogen (secondary N) is 2. The van der Waals surface area contributed by atoms with E-state index < -0.39 is 0 Å². The van der Waals surface area contributed by atoms with Crippen LogP contribution in [0, 0.1) is 18.5 Å². The van der Waals surface area contributed by atoms with Crippen LogP contribution in [0.2, 0.25) is 0 Å². The zero-order valence-electron chi connectivity index (χ0n) is 24.1. The van der Waals surface area contributed by atoms with Crippen LogP contribution in [0.15, 0.2) is 39.1 Å². The molecule has 8 heteroatoms. The lowest BCUT2D eigenvalue weighted by molar-refractivity contribution is 0.192. The van der Waals surface area contributed by atoms with Crippen molar-refractivity contribution in [2.24, 2.45) is 0 Å². The van der Waals surface area contributed by atoms with E-state index in [1.807, 2.05) is 30.9 Å². The summed E-state index contributed by atoms with van der Waals surface area (Å²) in [7, 11) is 3.53. The van der Waals surface area contributed by atoms with Crippen LogP contribution in [-0.2, 0) is 9.47 Å². The van der Waals surface area contributed by atoms with Crippen molar-refractivity contribution in [1.82, 2.24) is 9.97 Å². The molecule has 0 radical (unpaired) electrons. The van der Waals surface area contributed by atoms with Gasteiger partial charge in [0, 0.05) is 55.2 Å².